The van der Waals surface area contributed by atoms with E-state index in [2.05, 4.69) is 4.72 Å². The van der Waals surface area contributed by atoms with Crippen molar-refractivity contribution in [3.05, 3.63) is 53.1 Å². The first-order chi connectivity index (χ1) is 15.2. The molecule has 8 heteroatoms. The highest BCUT2D eigenvalue weighted by Crippen LogP contribution is 2.39. The van der Waals surface area contributed by atoms with E-state index >= 15 is 0 Å². The minimum Gasteiger partial charge on any atom is -0.495 e. The Kier molecular flexibility index (Phi) is 5.99. The van der Waals surface area contributed by atoms with Crippen molar-refractivity contribution in [1.82, 2.24) is 4.90 Å². The normalized spacial score (nSPS) is 20.9. The third-order valence-electron chi connectivity index (χ3n) is 6.55. The van der Waals surface area contributed by atoms with Crippen LogP contribution in [-0.4, -0.2) is 32.2 Å². The first-order valence-corrected chi connectivity index (χ1v) is 12.3. The van der Waals surface area contributed by atoms with Crippen molar-refractivity contribution in [3.8, 4) is 5.75 Å². The number of amides is 2. The predicted molar refractivity (Wildman–Crippen MR) is 121 cm³/mol. The minimum absolute atomic E-state index is 0.0350. The topological polar surface area (TPSA) is 92.8 Å². The average Bonchev–Trinajstić information content (AvgIpc) is 3.01. The molecule has 1 saturated heterocycles. The maximum Gasteiger partial charge on any atom is 0.265 e. The molecule has 1 aliphatic carbocycles. The zero-order valence-electron chi connectivity index (χ0n) is 18.6. The number of sulfonamides is 1. The second-order valence-corrected chi connectivity index (χ2v) is 10.3. The Labute approximate surface area is 188 Å². The number of carbonyl (C=O) groups excluding carboxylic acids is 2. The Morgan fingerprint density at radius 1 is 0.969 bits per heavy atom. The van der Waals surface area contributed by atoms with E-state index in [9.17, 15) is 18.0 Å². The highest BCUT2D eigenvalue weighted by molar-refractivity contribution is 7.92. The molecule has 32 heavy (non-hydrogen) atoms. The van der Waals surface area contributed by atoms with Crippen molar-refractivity contribution in [3.63, 3.8) is 0 Å². The molecule has 2 fully saturated rings. The molecule has 2 atom stereocenters. The van der Waals surface area contributed by atoms with Crippen LogP contribution in [0.3, 0.4) is 0 Å². The van der Waals surface area contributed by atoms with Crippen molar-refractivity contribution >= 4 is 27.5 Å². The molecule has 0 bridgehead atoms. The summed E-state index contributed by atoms with van der Waals surface area (Å²) in [5.41, 5.74) is 3.05. The molecule has 2 aromatic carbocycles. The van der Waals surface area contributed by atoms with Gasteiger partial charge >= 0.3 is 0 Å². The van der Waals surface area contributed by atoms with E-state index < -0.39 is 10.0 Å². The van der Waals surface area contributed by atoms with Crippen LogP contribution in [0.2, 0.25) is 0 Å². The largest absolute Gasteiger partial charge is 0.495 e. The molecule has 0 spiro atoms. The highest BCUT2D eigenvalue weighted by Gasteiger charge is 2.47. The number of ether oxygens (including phenoxy) is 1. The van der Waals surface area contributed by atoms with E-state index in [4.69, 9.17) is 4.74 Å². The van der Waals surface area contributed by atoms with Crippen molar-refractivity contribution in [2.75, 3.05) is 11.8 Å². The molecule has 4 rings (SSSR count). The SMILES string of the molecule is COc1ccc(CN2C(=O)[C@H]3CCCC[C@@H]3C2=O)cc1S(=O)(=O)Nc1ccc(C)c(C)c1. The van der Waals surface area contributed by atoms with E-state index in [0.717, 1.165) is 36.8 Å². The van der Waals surface area contributed by atoms with E-state index in [1.807, 2.05) is 19.9 Å². The summed E-state index contributed by atoms with van der Waals surface area (Å²) in [4.78, 5) is 26.9. The van der Waals surface area contributed by atoms with E-state index in [-0.39, 0.29) is 40.8 Å². The predicted octanol–water partition coefficient (Wildman–Crippen LogP) is 3.79. The van der Waals surface area contributed by atoms with Crippen molar-refractivity contribution < 1.29 is 22.7 Å². The third-order valence-corrected chi connectivity index (χ3v) is 7.95. The van der Waals surface area contributed by atoms with Crippen LogP contribution in [0, 0.1) is 25.7 Å². The molecule has 2 amide bonds. The van der Waals surface area contributed by atoms with Crippen molar-refractivity contribution in [2.45, 2.75) is 51.0 Å². The molecular weight excluding hydrogens is 428 g/mol. The fourth-order valence-corrected chi connectivity index (χ4v) is 5.88. The van der Waals surface area contributed by atoms with Gasteiger partial charge in [0.1, 0.15) is 10.6 Å². The second kappa shape index (κ2) is 8.58. The summed E-state index contributed by atoms with van der Waals surface area (Å²) in [5, 5.41) is 0. The lowest BCUT2D eigenvalue weighted by Crippen LogP contribution is -2.30. The standard InChI is InChI=1S/C24H28N2O5S/c1-15-8-10-18(12-16(15)2)25-32(29,30)22-13-17(9-11-21(22)31-3)14-26-23(27)19-6-4-5-7-20(19)24(26)28/h8-13,19-20,25H,4-7,14H2,1-3H3/t19-,20-/m0/s1. The lowest BCUT2D eigenvalue weighted by Gasteiger charge is -2.19. The fourth-order valence-electron chi connectivity index (χ4n) is 4.61. The number of hydrogen-bond donors (Lipinski definition) is 1. The summed E-state index contributed by atoms with van der Waals surface area (Å²) in [6.07, 6.45) is 3.41. The van der Waals surface area contributed by atoms with Gasteiger partial charge in [-0.3, -0.25) is 19.2 Å². The van der Waals surface area contributed by atoms with Gasteiger partial charge in [-0.2, -0.15) is 0 Å². The third kappa shape index (κ3) is 4.11. The molecule has 0 aromatic heterocycles. The van der Waals surface area contributed by atoms with Crippen LogP contribution in [0.1, 0.15) is 42.4 Å². The molecule has 0 radical (unpaired) electrons. The Bertz CT molecular complexity index is 1150. The van der Waals surface area contributed by atoms with E-state index in [0.29, 0.717) is 11.3 Å². The molecule has 0 unspecified atom stereocenters. The van der Waals surface area contributed by atoms with Crippen LogP contribution in [0.4, 0.5) is 5.69 Å². The monoisotopic (exact) mass is 456 g/mol. The fraction of sp³-hybridized carbons (Fsp3) is 0.417. The van der Waals surface area contributed by atoms with E-state index in [1.54, 1.807) is 24.3 Å². The average molecular weight is 457 g/mol. The molecule has 170 valence electrons. The van der Waals surface area contributed by atoms with Gasteiger partial charge in [0.05, 0.1) is 25.5 Å². The number of likely N-dealkylation sites (tertiary alicyclic amines) is 1. The van der Waals surface area contributed by atoms with Crippen LogP contribution in [-0.2, 0) is 26.2 Å². The number of imide groups is 1. The number of benzene rings is 2. The van der Waals surface area contributed by atoms with Gasteiger partial charge in [-0.25, -0.2) is 8.42 Å². The summed E-state index contributed by atoms with van der Waals surface area (Å²) in [7, 11) is -2.55. The van der Waals surface area contributed by atoms with Gasteiger partial charge in [0.2, 0.25) is 11.8 Å². The first kappa shape index (κ1) is 22.3. The summed E-state index contributed by atoms with van der Waals surface area (Å²) < 4.78 is 34.2. The Morgan fingerprint density at radius 3 is 2.22 bits per heavy atom. The van der Waals surface area contributed by atoms with Crippen molar-refractivity contribution in [1.29, 1.82) is 0 Å². The smallest absolute Gasteiger partial charge is 0.265 e. The van der Waals surface area contributed by atoms with Crippen LogP contribution >= 0.6 is 0 Å². The van der Waals surface area contributed by atoms with Gasteiger partial charge < -0.3 is 4.74 Å². The second-order valence-electron chi connectivity index (χ2n) is 8.65. The summed E-state index contributed by atoms with van der Waals surface area (Å²) in [5.74, 6) is -0.563. The number of methoxy groups -OCH3 is 1. The number of hydrogen-bond acceptors (Lipinski definition) is 5. The van der Waals surface area contributed by atoms with Gasteiger partial charge in [-0.15, -0.1) is 0 Å². The Balaban J connectivity index is 1.62. The minimum atomic E-state index is -3.95. The number of rotatable bonds is 6. The van der Waals surface area contributed by atoms with E-state index in [1.165, 1.54) is 18.1 Å². The van der Waals surface area contributed by atoms with Crippen LogP contribution in [0.15, 0.2) is 41.3 Å². The number of anilines is 1. The number of nitrogens with zero attached hydrogens (tertiary/aromatic N) is 1. The summed E-state index contributed by atoms with van der Waals surface area (Å²) >= 11 is 0. The number of fused-ring (bicyclic) bond motifs is 1. The number of carbonyl (C=O) groups is 2. The van der Waals surface area contributed by atoms with Gasteiger partial charge in [0, 0.05) is 5.69 Å². The molecule has 1 saturated carbocycles. The van der Waals surface area contributed by atoms with Gasteiger partial charge in [0.15, 0.2) is 0 Å². The molecule has 2 aromatic rings. The Hall–Kier alpha value is -2.87. The molecular formula is C24H28N2O5S. The van der Waals surface area contributed by atoms with Crippen LogP contribution in [0.25, 0.3) is 0 Å². The molecule has 7 nitrogen and oxygen atoms in total. The lowest BCUT2D eigenvalue weighted by molar-refractivity contribution is -0.140. The summed E-state index contributed by atoms with van der Waals surface area (Å²) in [6.45, 7) is 3.92. The number of aryl methyl sites for hydroxylation is 2. The summed E-state index contributed by atoms with van der Waals surface area (Å²) in [6, 6.07) is 10.1. The molecule has 1 aliphatic heterocycles. The zero-order chi connectivity index (χ0) is 23.0. The molecule has 2 aliphatic rings. The van der Waals surface area contributed by atoms with Gasteiger partial charge in [0.25, 0.3) is 10.0 Å². The maximum absolute atomic E-state index is 13.2. The number of nitrogens with one attached hydrogen (secondary N) is 1. The maximum atomic E-state index is 13.2. The molecule has 1 N–H and O–H groups in total. The van der Waals surface area contributed by atoms with Crippen molar-refractivity contribution in [2.24, 2.45) is 11.8 Å². The molecule has 1 heterocycles. The first-order valence-electron chi connectivity index (χ1n) is 10.8. The van der Waals surface area contributed by atoms with Gasteiger partial charge in [-0.05, 0) is 67.6 Å². The zero-order valence-corrected chi connectivity index (χ0v) is 19.4. The van der Waals surface area contributed by atoms with Crippen LogP contribution in [0.5, 0.6) is 5.75 Å². The van der Waals surface area contributed by atoms with Crippen LogP contribution < -0.4 is 9.46 Å². The Morgan fingerprint density at radius 2 is 1.62 bits per heavy atom. The van der Waals surface area contributed by atoms with Gasteiger partial charge in [-0.1, -0.05) is 25.0 Å². The quantitative estimate of drug-likeness (QED) is 0.668. The highest BCUT2D eigenvalue weighted by atomic mass is 32.2. The lowest BCUT2D eigenvalue weighted by atomic mass is 9.81.